The fourth-order valence-corrected chi connectivity index (χ4v) is 1.06. The van der Waals surface area contributed by atoms with Gasteiger partial charge in [-0.05, 0) is 12.1 Å². The molecule has 0 N–H and O–H groups in total. The molecule has 1 aromatic rings. The quantitative estimate of drug-likeness (QED) is 0.589. The van der Waals surface area contributed by atoms with E-state index in [4.69, 9.17) is 0 Å². The van der Waals surface area contributed by atoms with Crippen molar-refractivity contribution in [3.05, 3.63) is 42.4 Å². The molecule has 54 valence electrons. The molecule has 1 aliphatic heterocycles. The molecule has 1 aliphatic rings. The highest BCUT2D eigenvalue weighted by atomic mass is 14.8. The topological polar surface area (TPSA) is 25.2 Å². The lowest BCUT2D eigenvalue weighted by molar-refractivity contribution is 1.27. The number of nitrogens with zero attached hydrogens (tertiary/aromatic N) is 2. The molecular formula is C9H8N2. The predicted octanol–water partition coefficient (Wildman–Crippen LogP) is 1.79. The second-order valence-corrected chi connectivity index (χ2v) is 2.38. The average Bonchev–Trinajstić information content (AvgIpc) is 2.58. The van der Waals surface area contributed by atoms with Crippen LogP contribution in [-0.4, -0.2) is 10.7 Å². The van der Waals surface area contributed by atoms with Crippen LogP contribution in [0.3, 0.4) is 0 Å². The van der Waals surface area contributed by atoms with E-state index in [1.807, 2.05) is 30.5 Å². The maximum Gasteiger partial charge on any atom is 0.0847 e. The Labute approximate surface area is 65.3 Å². The molecule has 11 heavy (non-hydrogen) atoms. The van der Waals surface area contributed by atoms with Gasteiger partial charge in [0, 0.05) is 18.8 Å². The van der Waals surface area contributed by atoms with Gasteiger partial charge < -0.3 is 0 Å². The number of allylic oxidation sites excluding steroid dienone is 1. The van der Waals surface area contributed by atoms with E-state index in [9.17, 15) is 0 Å². The predicted molar refractivity (Wildman–Crippen MR) is 44.5 cm³/mol. The number of hydrogen-bond donors (Lipinski definition) is 0. The molecule has 1 aromatic heterocycles. The molecule has 2 rings (SSSR count). The third-order valence-corrected chi connectivity index (χ3v) is 1.61. The Hall–Kier alpha value is -1.44. The van der Waals surface area contributed by atoms with Crippen molar-refractivity contribution in [3.8, 4) is 0 Å². The first-order valence-corrected chi connectivity index (χ1v) is 3.60. The molecule has 0 unspecified atom stereocenters. The largest absolute Gasteiger partial charge is 0.259 e. The Balaban J connectivity index is 2.31. The van der Waals surface area contributed by atoms with E-state index in [1.165, 1.54) is 0 Å². The summed E-state index contributed by atoms with van der Waals surface area (Å²) in [6, 6.07) is 5.86. The summed E-state index contributed by atoms with van der Waals surface area (Å²) >= 11 is 0. The normalized spacial score (nSPS) is 15.1. The zero-order valence-electron chi connectivity index (χ0n) is 6.07. The van der Waals surface area contributed by atoms with Gasteiger partial charge >= 0.3 is 0 Å². The van der Waals surface area contributed by atoms with Crippen molar-refractivity contribution in [2.24, 2.45) is 4.99 Å². The number of pyridine rings is 1. The van der Waals surface area contributed by atoms with Crippen LogP contribution >= 0.6 is 0 Å². The number of aliphatic imine (C=N–C) groups is 1. The van der Waals surface area contributed by atoms with Crippen LogP contribution < -0.4 is 0 Å². The Bertz CT molecular complexity index is 299. The van der Waals surface area contributed by atoms with Gasteiger partial charge in [-0.3, -0.25) is 9.98 Å². The third-order valence-electron chi connectivity index (χ3n) is 1.61. The first-order chi connectivity index (χ1) is 5.47. The molecule has 0 saturated heterocycles. The molecule has 0 amide bonds. The minimum Gasteiger partial charge on any atom is -0.259 e. The minimum atomic E-state index is 0.914. The fraction of sp³-hybridized carbons (Fsp3) is 0.111. The highest BCUT2D eigenvalue weighted by Crippen LogP contribution is 2.07. The monoisotopic (exact) mass is 144 g/mol. The van der Waals surface area contributed by atoms with E-state index in [0.29, 0.717) is 0 Å². The second-order valence-electron chi connectivity index (χ2n) is 2.38. The smallest absolute Gasteiger partial charge is 0.0847 e. The van der Waals surface area contributed by atoms with Crippen LogP contribution in [0.15, 0.2) is 41.7 Å². The SMILES string of the molecule is C1=CN=C(c2ccccn2)C1. The summed E-state index contributed by atoms with van der Waals surface area (Å²) in [5, 5.41) is 0. The van der Waals surface area contributed by atoms with Crippen molar-refractivity contribution in [1.82, 2.24) is 4.98 Å². The molecule has 2 nitrogen and oxygen atoms in total. The lowest BCUT2D eigenvalue weighted by atomic mass is 10.2. The van der Waals surface area contributed by atoms with Crippen molar-refractivity contribution in [2.45, 2.75) is 6.42 Å². The van der Waals surface area contributed by atoms with Crippen LogP contribution in [-0.2, 0) is 0 Å². The molecule has 0 radical (unpaired) electrons. The molecule has 0 bridgehead atoms. The Morgan fingerprint density at radius 3 is 2.91 bits per heavy atom. The number of rotatable bonds is 1. The molecule has 0 aliphatic carbocycles. The van der Waals surface area contributed by atoms with Gasteiger partial charge in [0.15, 0.2) is 0 Å². The molecule has 0 saturated carbocycles. The van der Waals surface area contributed by atoms with Crippen molar-refractivity contribution in [2.75, 3.05) is 0 Å². The summed E-state index contributed by atoms with van der Waals surface area (Å²) in [6.45, 7) is 0. The molecule has 0 fully saturated rings. The maximum atomic E-state index is 4.19. The first-order valence-electron chi connectivity index (χ1n) is 3.60. The highest BCUT2D eigenvalue weighted by Gasteiger charge is 2.03. The van der Waals surface area contributed by atoms with Crippen LogP contribution in [0.25, 0.3) is 0 Å². The summed E-state index contributed by atoms with van der Waals surface area (Å²) in [4.78, 5) is 8.37. The van der Waals surface area contributed by atoms with E-state index < -0.39 is 0 Å². The highest BCUT2D eigenvalue weighted by molar-refractivity contribution is 6.01. The maximum absolute atomic E-state index is 4.19. The average molecular weight is 144 g/mol. The van der Waals surface area contributed by atoms with Gasteiger partial charge in [0.05, 0.1) is 11.4 Å². The van der Waals surface area contributed by atoms with Crippen molar-refractivity contribution < 1.29 is 0 Å². The Morgan fingerprint density at radius 1 is 1.27 bits per heavy atom. The van der Waals surface area contributed by atoms with E-state index in [1.54, 1.807) is 6.20 Å². The van der Waals surface area contributed by atoms with Crippen LogP contribution in [0.2, 0.25) is 0 Å². The fourth-order valence-electron chi connectivity index (χ4n) is 1.06. The summed E-state index contributed by atoms with van der Waals surface area (Å²) in [6.07, 6.45) is 6.56. The lowest BCUT2D eigenvalue weighted by Crippen LogP contribution is -1.98. The van der Waals surface area contributed by atoms with Crippen LogP contribution in [0.4, 0.5) is 0 Å². The van der Waals surface area contributed by atoms with Gasteiger partial charge in [0.1, 0.15) is 0 Å². The summed E-state index contributed by atoms with van der Waals surface area (Å²) in [5.41, 5.74) is 2.04. The van der Waals surface area contributed by atoms with E-state index in [0.717, 1.165) is 17.8 Å². The van der Waals surface area contributed by atoms with Gasteiger partial charge in [-0.1, -0.05) is 12.1 Å². The number of hydrogen-bond acceptors (Lipinski definition) is 2. The molecule has 2 heteroatoms. The lowest BCUT2D eigenvalue weighted by Gasteiger charge is -1.95. The van der Waals surface area contributed by atoms with Gasteiger partial charge in [-0.25, -0.2) is 0 Å². The van der Waals surface area contributed by atoms with Crippen molar-refractivity contribution in [1.29, 1.82) is 0 Å². The van der Waals surface area contributed by atoms with Gasteiger partial charge in [-0.15, -0.1) is 0 Å². The van der Waals surface area contributed by atoms with Gasteiger partial charge in [0.25, 0.3) is 0 Å². The number of aromatic nitrogens is 1. The van der Waals surface area contributed by atoms with Gasteiger partial charge in [-0.2, -0.15) is 0 Å². The molecule has 0 atom stereocenters. The summed E-state index contributed by atoms with van der Waals surface area (Å²) in [5.74, 6) is 0. The van der Waals surface area contributed by atoms with Crippen LogP contribution in [0.5, 0.6) is 0 Å². The zero-order valence-corrected chi connectivity index (χ0v) is 6.07. The molecular weight excluding hydrogens is 136 g/mol. The van der Waals surface area contributed by atoms with Gasteiger partial charge in [0.2, 0.25) is 0 Å². The molecule has 0 spiro atoms. The van der Waals surface area contributed by atoms with Crippen LogP contribution in [0, 0.1) is 0 Å². The van der Waals surface area contributed by atoms with Crippen LogP contribution in [0.1, 0.15) is 12.1 Å². The van der Waals surface area contributed by atoms with E-state index in [-0.39, 0.29) is 0 Å². The molecule has 0 aromatic carbocycles. The summed E-state index contributed by atoms with van der Waals surface area (Å²) in [7, 11) is 0. The molecule has 2 heterocycles. The van der Waals surface area contributed by atoms with Crippen molar-refractivity contribution in [3.63, 3.8) is 0 Å². The van der Waals surface area contributed by atoms with Crippen molar-refractivity contribution >= 4 is 5.71 Å². The summed E-state index contributed by atoms with van der Waals surface area (Å²) < 4.78 is 0. The Kier molecular flexibility index (Phi) is 1.52. The zero-order chi connectivity index (χ0) is 7.52. The third kappa shape index (κ3) is 1.19. The Morgan fingerprint density at radius 2 is 2.27 bits per heavy atom. The second kappa shape index (κ2) is 2.66. The minimum absolute atomic E-state index is 0.914. The standard InChI is InChI=1S/C9H8N2/c1-2-6-10-8(4-1)9-5-3-7-11-9/h1-4,6-7H,5H2. The first kappa shape index (κ1) is 6.28. The van der Waals surface area contributed by atoms with E-state index >= 15 is 0 Å². The van der Waals surface area contributed by atoms with E-state index in [2.05, 4.69) is 9.98 Å².